The molecule has 0 bridgehead atoms. The number of halogens is 2. The molecule has 0 aliphatic carbocycles. The third kappa shape index (κ3) is 8.57. The van der Waals surface area contributed by atoms with Gasteiger partial charge in [-0.15, -0.1) is 0 Å². The Labute approximate surface area is 216 Å². The van der Waals surface area contributed by atoms with Crippen LogP contribution in [0.25, 0.3) is 0 Å². The highest BCUT2D eigenvalue weighted by atomic mass is 35.5. The zero-order valence-electron chi connectivity index (χ0n) is 19.7. The highest BCUT2D eigenvalue weighted by Gasteiger charge is 1.95. The van der Waals surface area contributed by atoms with E-state index in [2.05, 4.69) is 68.2 Å². The quantitative estimate of drug-likeness (QED) is 0.198. The van der Waals surface area contributed by atoms with E-state index in [1.54, 1.807) is 0 Å². The lowest BCUT2D eigenvalue weighted by molar-refractivity contribution is 0.533. The van der Waals surface area contributed by atoms with Crippen molar-refractivity contribution in [2.45, 2.75) is 45.2 Å². The van der Waals surface area contributed by atoms with Crippen LogP contribution in [0.5, 0.6) is 0 Å². The Morgan fingerprint density at radius 2 is 0.800 bits per heavy atom. The molecule has 0 unspecified atom stereocenters. The summed E-state index contributed by atoms with van der Waals surface area (Å²) in [4.78, 5) is 9.24. The van der Waals surface area contributed by atoms with Crippen molar-refractivity contribution in [1.29, 1.82) is 0 Å². The number of pyridine rings is 2. The van der Waals surface area contributed by atoms with Crippen LogP contribution in [0, 0.1) is 0 Å². The van der Waals surface area contributed by atoms with Crippen molar-refractivity contribution in [3.05, 3.63) is 118 Å². The molecule has 0 saturated carbocycles. The number of benzene rings is 2. The van der Waals surface area contributed by atoms with Crippen LogP contribution in [0.2, 0.25) is 10.0 Å². The van der Waals surface area contributed by atoms with Crippen molar-refractivity contribution in [2.24, 2.45) is 9.98 Å². The Morgan fingerprint density at radius 3 is 1.17 bits per heavy atom. The number of rotatable bonds is 10. The summed E-state index contributed by atoms with van der Waals surface area (Å²) in [6, 6.07) is 23.4. The van der Waals surface area contributed by atoms with Gasteiger partial charge in [-0.05, 0) is 85.6 Å². The minimum absolute atomic E-state index is 0.727. The second-order valence-corrected chi connectivity index (χ2v) is 9.41. The van der Waals surface area contributed by atoms with Gasteiger partial charge in [-0.3, -0.25) is 0 Å². The van der Waals surface area contributed by atoms with E-state index >= 15 is 0 Å². The molecule has 4 nitrogen and oxygen atoms in total. The number of hydrogen-bond donors (Lipinski definition) is 0. The lowest BCUT2D eigenvalue weighted by atomic mass is 10.1. The van der Waals surface area contributed by atoms with Crippen molar-refractivity contribution in [2.75, 3.05) is 0 Å². The summed E-state index contributed by atoms with van der Waals surface area (Å²) in [5.41, 5.74) is 1.82. The Hall–Kier alpha value is -3.08. The maximum Gasteiger partial charge on any atom is 0.0666 e. The van der Waals surface area contributed by atoms with Gasteiger partial charge in [0, 0.05) is 47.9 Å². The molecular formula is C29H30Cl2N4. The SMILES string of the molecule is Clc1ccc(N=c2ccn(CCCCCCCn3ccc(=Nc4ccc(Cl)cc4)cc3)cc2)cc1. The molecule has 0 atom stereocenters. The third-order valence-electron chi connectivity index (χ3n) is 5.75. The fourth-order valence-electron chi connectivity index (χ4n) is 3.79. The second-order valence-electron chi connectivity index (χ2n) is 8.53. The average Bonchev–Trinajstić information content (AvgIpc) is 2.88. The Morgan fingerprint density at radius 1 is 0.457 bits per heavy atom. The van der Waals surface area contributed by atoms with Crippen molar-refractivity contribution in [3.63, 3.8) is 0 Å². The molecule has 6 heteroatoms. The van der Waals surface area contributed by atoms with Gasteiger partial charge < -0.3 is 9.13 Å². The zero-order chi connectivity index (χ0) is 24.3. The molecule has 0 radical (unpaired) electrons. The van der Waals surface area contributed by atoms with Gasteiger partial charge in [-0.1, -0.05) is 42.5 Å². The standard InChI is InChI=1S/C29H30Cl2N4/c30-24-6-10-26(11-7-24)32-28-14-20-34(21-15-28)18-4-2-1-3-5-19-35-22-16-29(17-23-35)33-27-12-8-25(31)9-13-27/h6-17,20-23H,1-5,18-19H2. The second kappa shape index (κ2) is 13.1. The van der Waals surface area contributed by atoms with Gasteiger partial charge in [0.05, 0.1) is 22.1 Å². The van der Waals surface area contributed by atoms with Crippen LogP contribution in [0.4, 0.5) is 11.4 Å². The van der Waals surface area contributed by atoms with Gasteiger partial charge in [0.25, 0.3) is 0 Å². The summed E-state index contributed by atoms with van der Waals surface area (Å²) >= 11 is 11.9. The van der Waals surface area contributed by atoms with E-state index < -0.39 is 0 Å². The lowest BCUT2D eigenvalue weighted by Crippen LogP contribution is -2.06. The summed E-state index contributed by atoms with van der Waals surface area (Å²) in [6.45, 7) is 2.07. The summed E-state index contributed by atoms with van der Waals surface area (Å²) in [5.74, 6) is 0. The first-order valence-corrected chi connectivity index (χ1v) is 12.8. The van der Waals surface area contributed by atoms with E-state index in [0.717, 1.165) is 45.2 Å². The molecule has 2 heterocycles. The maximum atomic E-state index is 5.93. The van der Waals surface area contributed by atoms with Crippen LogP contribution in [0.15, 0.2) is 108 Å². The molecule has 0 aliphatic rings. The summed E-state index contributed by atoms with van der Waals surface area (Å²) in [6.07, 6.45) is 14.5. The molecule has 4 aromatic rings. The van der Waals surface area contributed by atoms with Crippen LogP contribution in [0.1, 0.15) is 32.1 Å². The highest BCUT2D eigenvalue weighted by molar-refractivity contribution is 6.30. The van der Waals surface area contributed by atoms with Crippen molar-refractivity contribution in [1.82, 2.24) is 9.13 Å². The summed E-state index contributed by atoms with van der Waals surface area (Å²) < 4.78 is 4.46. The van der Waals surface area contributed by atoms with E-state index in [0.29, 0.717) is 0 Å². The fourth-order valence-corrected chi connectivity index (χ4v) is 4.05. The van der Waals surface area contributed by atoms with E-state index in [-0.39, 0.29) is 0 Å². The monoisotopic (exact) mass is 504 g/mol. The van der Waals surface area contributed by atoms with Crippen molar-refractivity contribution >= 4 is 34.6 Å². The fraction of sp³-hybridized carbons (Fsp3) is 0.241. The number of hydrogen-bond acceptors (Lipinski definition) is 2. The van der Waals surface area contributed by atoms with Crippen LogP contribution >= 0.6 is 23.2 Å². The molecule has 4 rings (SSSR count). The Kier molecular flexibility index (Phi) is 9.39. The van der Waals surface area contributed by atoms with E-state index in [1.165, 1.54) is 32.1 Å². The van der Waals surface area contributed by atoms with Gasteiger partial charge in [-0.25, -0.2) is 9.98 Å². The molecule has 2 aromatic carbocycles. The minimum atomic E-state index is 0.727. The lowest BCUT2D eigenvalue weighted by Gasteiger charge is -2.07. The zero-order valence-corrected chi connectivity index (χ0v) is 21.2. The maximum absolute atomic E-state index is 5.93. The number of unbranched alkanes of at least 4 members (excludes halogenated alkanes) is 4. The molecule has 35 heavy (non-hydrogen) atoms. The molecular weight excluding hydrogens is 475 g/mol. The molecule has 180 valence electrons. The number of aromatic nitrogens is 2. The van der Waals surface area contributed by atoms with Gasteiger partial charge in [-0.2, -0.15) is 0 Å². The molecule has 0 N–H and O–H groups in total. The third-order valence-corrected chi connectivity index (χ3v) is 6.25. The first-order chi connectivity index (χ1) is 17.1. The molecule has 0 amide bonds. The van der Waals surface area contributed by atoms with Gasteiger partial charge in [0.1, 0.15) is 0 Å². The van der Waals surface area contributed by atoms with Crippen molar-refractivity contribution in [3.8, 4) is 0 Å². The predicted octanol–water partition coefficient (Wildman–Crippen LogP) is 7.71. The van der Waals surface area contributed by atoms with Gasteiger partial charge in [0.15, 0.2) is 0 Å². The van der Waals surface area contributed by atoms with E-state index in [9.17, 15) is 0 Å². The van der Waals surface area contributed by atoms with Gasteiger partial charge in [0.2, 0.25) is 0 Å². The Bertz CT molecular complexity index is 1190. The predicted molar refractivity (Wildman–Crippen MR) is 145 cm³/mol. The number of nitrogens with zero attached hydrogens (tertiary/aromatic N) is 4. The normalized spacial score (nSPS) is 10.8. The average molecular weight is 505 g/mol. The first kappa shape index (κ1) is 25.0. The van der Waals surface area contributed by atoms with Crippen LogP contribution in [-0.4, -0.2) is 9.13 Å². The van der Waals surface area contributed by atoms with E-state index in [1.807, 2.05) is 48.5 Å². The first-order valence-electron chi connectivity index (χ1n) is 12.1. The molecule has 2 aromatic heterocycles. The number of aryl methyl sites for hydroxylation is 2. The molecule has 0 spiro atoms. The topological polar surface area (TPSA) is 34.6 Å². The van der Waals surface area contributed by atoms with Crippen molar-refractivity contribution < 1.29 is 0 Å². The Balaban J connectivity index is 1.13. The summed E-state index contributed by atoms with van der Waals surface area (Å²) in [7, 11) is 0. The smallest absolute Gasteiger partial charge is 0.0666 e. The highest BCUT2D eigenvalue weighted by Crippen LogP contribution is 2.16. The molecule has 0 saturated heterocycles. The van der Waals surface area contributed by atoms with Crippen LogP contribution < -0.4 is 10.7 Å². The minimum Gasteiger partial charge on any atom is -0.354 e. The largest absolute Gasteiger partial charge is 0.354 e. The summed E-state index contributed by atoms with van der Waals surface area (Å²) in [5, 5.41) is 3.36. The molecule has 0 aliphatic heterocycles. The van der Waals surface area contributed by atoms with Crippen LogP contribution in [-0.2, 0) is 13.1 Å². The van der Waals surface area contributed by atoms with Gasteiger partial charge >= 0.3 is 0 Å². The van der Waals surface area contributed by atoms with E-state index in [4.69, 9.17) is 23.2 Å². The van der Waals surface area contributed by atoms with Crippen LogP contribution in [0.3, 0.4) is 0 Å². The molecule has 0 fully saturated rings.